The number of rotatable bonds is 7. The number of pyridine rings is 1. The number of carbonyl (C=O) groups excluding carboxylic acids is 1. The van der Waals surface area contributed by atoms with Crippen LogP contribution in [0.2, 0.25) is 0 Å². The largest absolute Gasteiger partial charge is 0.493 e. The van der Waals surface area contributed by atoms with Crippen molar-refractivity contribution in [3.8, 4) is 11.5 Å². The zero-order valence-electron chi connectivity index (χ0n) is 14.3. The van der Waals surface area contributed by atoms with Gasteiger partial charge in [-0.1, -0.05) is 0 Å². The van der Waals surface area contributed by atoms with Crippen LogP contribution in [0, 0.1) is 11.8 Å². The van der Waals surface area contributed by atoms with E-state index in [0.717, 1.165) is 5.56 Å². The highest BCUT2D eigenvalue weighted by Crippen LogP contribution is 2.36. The third-order valence-corrected chi connectivity index (χ3v) is 4.50. The molecule has 2 N–H and O–H groups in total. The molecule has 1 saturated carbocycles. The number of nitrogens with zero attached hydrogens (tertiary/aromatic N) is 1. The number of amides is 1. The maximum Gasteiger partial charge on any atom is 0.307 e. The van der Waals surface area contributed by atoms with Gasteiger partial charge in [0, 0.05) is 24.1 Å². The fourth-order valence-corrected chi connectivity index (χ4v) is 2.85. The van der Waals surface area contributed by atoms with Gasteiger partial charge >= 0.3 is 5.97 Å². The van der Waals surface area contributed by atoms with Gasteiger partial charge < -0.3 is 19.9 Å². The number of hydrogen-bond acceptors (Lipinski definition) is 5. The molecular weight excluding hydrogens is 336 g/mol. The molecule has 3 rings (SSSR count). The van der Waals surface area contributed by atoms with E-state index in [2.05, 4.69) is 10.3 Å². The minimum Gasteiger partial charge on any atom is -0.493 e. The van der Waals surface area contributed by atoms with Crippen LogP contribution in [0.25, 0.3) is 0 Å². The Balaban J connectivity index is 1.68. The van der Waals surface area contributed by atoms with Gasteiger partial charge in [0.15, 0.2) is 11.5 Å². The molecule has 1 heterocycles. The Morgan fingerprint density at radius 3 is 2.50 bits per heavy atom. The van der Waals surface area contributed by atoms with E-state index in [-0.39, 0.29) is 5.91 Å². The van der Waals surface area contributed by atoms with E-state index in [9.17, 15) is 9.59 Å². The number of aromatic nitrogens is 1. The molecule has 0 saturated heterocycles. The molecule has 1 aliphatic rings. The number of carbonyl (C=O) groups is 2. The average Bonchev–Trinajstić information content (AvgIpc) is 2.59. The smallest absolute Gasteiger partial charge is 0.307 e. The molecule has 7 heteroatoms. The maximum atomic E-state index is 12.3. The summed E-state index contributed by atoms with van der Waals surface area (Å²) in [5.74, 6) is -1.26. The minimum atomic E-state index is -0.924. The third-order valence-electron chi connectivity index (χ3n) is 4.50. The van der Waals surface area contributed by atoms with Crippen LogP contribution in [-0.4, -0.2) is 29.1 Å². The summed E-state index contributed by atoms with van der Waals surface area (Å²) >= 11 is 0. The lowest BCUT2D eigenvalue weighted by atomic mass is 9.73. The second kappa shape index (κ2) is 7.86. The highest BCUT2D eigenvalue weighted by molar-refractivity contribution is 5.96. The molecule has 0 radical (unpaired) electrons. The zero-order valence-corrected chi connectivity index (χ0v) is 14.3. The molecule has 1 amide bonds. The van der Waals surface area contributed by atoms with Gasteiger partial charge in [0.2, 0.25) is 5.91 Å². The summed E-state index contributed by atoms with van der Waals surface area (Å²) in [7, 11) is 1.54. The molecule has 7 nitrogen and oxygen atoms in total. The summed E-state index contributed by atoms with van der Waals surface area (Å²) in [5, 5.41) is 11.9. The zero-order chi connectivity index (χ0) is 18.5. The number of ether oxygens (including phenoxy) is 2. The van der Waals surface area contributed by atoms with Gasteiger partial charge in [0.1, 0.15) is 6.61 Å². The first-order chi connectivity index (χ1) is 12.6. The van der Waals surface area contributed by atoms with Gasteiger partial charge in [0.25, 0.3) is 0 Å². The number of methoxy groups -OCH3 is 1. The van der Waals surface area contributed by atoms with Crippen LogP contribution in [0.5, 0.6) is 11.5 Å². The lowest BCUT2D eigenvalue weighted by Crippen LogP contribution is -2.41. The van der Waals surface area contributed by atoms with Crippen molar-refractivity contribution in [2.75, 3.05) is 12.4 Å². The molecule has 26 heavy (non-hydrogen) atoms. The lowest BCUT2D eigenvalue weighted by Gasteiger charge is -2.31. The molecule has 2 aromatic rings. The molecule has 0 aliphatic heterocycles. The molecule has 2 atom stereocenters. The fraction of sp³-hybridized carbons (Fsp3) is 0.316. The van der Waals surface area contributed by atoms with Crippen molar-refractivity contribution in [1.29, 1.82) is 0 Å². The van der Waals surface area contributed by atoms with Crippen LogP contribution in [0.4, 0.5) is 5.69 Å². The van der Waals surface area contributed by atoms with Crippen molar-refractivity contribution >= 4 is 17.6 Å². The summed E-state index contributed by atoms with van der Waals surface area (Å²) in [6, 6.07) is 8.77. The van der Waals surface area contributed by atoms with E-state index in [1.807, 2.05) is 12.1 Å². The van der Waals surface area contributed by atoms with Crippen molar-refractivity contribution in [2.45, 2.75) is 19.4 Å². The molecule has 1 aromatic carbocycles. The first-order valence-electron chi connectivity index (χ1n) is 8.32. The van der Waals surface area contributed by atoms with Gasteiger partial charge in [0.05, 0.1) is 18.9 Å². The average molecular weight is 356 g/mol. The van der Waals surface area contributed by atoms with Crippen LogP contribution < -0.4 is 14.8 Å². The van der Waals surface area contributed by atoms with Crippen molar-refractivity contribution in [1.82, 2.24) is 4.98 Å². The van der Waals surface area contributed by atoms with E-state index in [1.54, 1.807) is 37.7 Å². The predicted molar refractivity (Wildman–Crippen MR) is 94.0 cm³/mol. The van der Waals surface area contributed by atoms with Crippen molar-refractivity contribution in [3.63, 3.8) is 0 Å². The number of aliphatic carboxylic acids is 1. The highest BCUT2D eigenvalue weighted by atomic mass is 16.5. The predicted octanol–water partition coefficient (Wildman–Crippen LogP) is 2.72. The summed E-state index contributed by atoms with van der Waals surface area (Å²) in [6.45, 7) is 0.333. The Labute approximate surface area is 151 Å². The number of nitrogens with one attached hydrogen (secondary N) is 1. The van der Waals surface area contributed by atoms with E-state index in [4.69, 9.17) is 14.6 Å². The number of hydrogen-bond donors (Lipinski definition) is 2. The van der Waals surface area contributed by atoms with E-state index in [0.29, 0.717) is 36.6 Å². The van der Waals surface area contributed by atoms with Crippen LogP contribution in [0.3, 0.4) is 0 Å². The van der Waals surface area contributed by atoms with Crippen molar-refractivity contribution < 1.29 is 24.2 Å². The Kier molecular flexibility index (Phi) is 5.36. The van der Waals surface area contributed by atoms with E-state index in [1.165, 1.54) is 0 Å². The Bertz CT molecular complexity index is 794. The SMILES string of the molecule is COc1ccc(NC(=O)C2CCC2C(=O)O)cc1OCc1ccncc1. The van der Waals surface area contributed by atoms with Gasteiger partial charge in [-0.05, 0) is 42.7 Å². The molecule has 0 spiro atoms. The second-order valence-electron chi connectivity index (χ2n) is 6.13. The van der Waals surface area contributed by atoms with Crippen LogP contribution in [0.15, 0.2) is 42.7 Å². The third kappa shape index (κ3) is 3.93. The topological polar surface area (TPSA) is 97.8 Å². The number of benzene rings is 1. The molecule has 136 valence electrons. The molecule has 1 aliphatic carbocycles. The number of carboxylic acids is 1. The van der Waals surface area contributed by atoms with Crippen molar-refractivity contribution in [3.05, 3.63) is 48.3 Å². The summed E-state index contributed by atoms with van der Waals surface area (Å²) < 4.78 is 11.1. The minimum absolute atomic E-state index is 0.283. The fourth-order valence-electron chi connectivity index (χ4n) is 2.85. The van der Waals surface area contributed by atoms with E-state index < -0.39 is 17.8 Å². The standard InChI is InChI=1S/C19H20N2O5/c1-25-16-5-2-13(21-18(22)14-3-4-15(14)19(23)24)10-17(16)26-11-12-6-8-20-9-7-12/h2,5-10,14-15H,3-4,11H2,1H3,(H,21,22)(H,23,24). The first kappa shape index (κ1) is 17.7. The van der Waals surface area contributed by atoms with Crippen molar-refractivity contribution in [2.24, 2.45) is 11.8 Å². The lowest BCUT2D eigenvalue weighted by molar-refractivity contribution is -0.151. The normalized spacial score (nSPS) is 18.5. The van der Waals surface area contributed by atoms with Crippen LogP contribution in [0.1, 0.15) is 18.4 Å². The molecular formula is C19H20N2O5. The first-order valence-corrected chi connectivity index (χ1v) is 8.32. The Morgan fingerprint density at radius 1 is 1.15 bits per heavy atom. The molecule has 1 fully saturated rings. The van der Waals surface area contributed by atoms with Crippen LogP contribution in [-0.2, 0) is 16.2 Å². The quantitative estimate of drug-likeness (QED) is 0.792. The second-order valence-corrected chi connectivity index (χ2v) is 6.13. The van der Waals surface area contributed by atoms with Gasteiger partial charge in [-0.25, -0.2) is 0 Å². The maximum absolute atomic E-state index is 12.3. The Morgan fingerprint density at radius 2 is 1.88 bits per heavy atom. The number of carboxylic acid groups (broad SMARTS) is 1. The molecule has 2 unspecified atom stereocenters. The molecule has 0 bridgehead atoms. The number of anilines is 1. The summed E-state index contributed by atoms with van der Waals surface area (Å²) in [4.78, 5) is 27.3. The highest BCUT2D eigenvalue weighted by Gasteiger charge is 2.41. The Hall–Kier alpha value is -3.09. The van der Waals surface area contributed by atoms with Crippen LogP contribution >= 0.6 is 0 Å². The van der Waals surface area contributed by atoms with Gasteiger partial charge in [-0.3, -0.25) is 14.6 Å². The van der Waals surface area contributed by atoms with E-state index >= 15 is 0 Å². The monoisotopic (exact) mass is 356 g/mol. The molecule has 1 aromatic heterocycles. The van der Waals surface area contributed by atoms with Gasteiger partial charge in [-0.2, -0.15) is 0 Å². The summed E-state index contributed by atoms with van der Waals surface area (Å²) in [5.41, 5.74) is 1.49. The summed E-state index contributed by atoms with van der Waals surface area (Å²) in [6.07, 6.45) is 4.49. The van der Waals surface area contributed by atoms with Gasteiger partial charge in [-0.15, -0.1) is 0 Å².